The second-order valence-electron chi connectivity index (χ2n) is 5.47. The van der Waals surface area contributed by atoms with Gasteiger partial charge in [-0.3, -0.25) is 0 Å². The lowest BCUT2D eigenvalue weighted by Crippen LogP contribution is -2.31. The van der Waals surface area contributed by atoms with Gasteiger partial charge in [0.25, 0.3) is 0 Å². The number of anilines is 2. The zero-order valence-electron chi connectivity index (χ0n) is 11.8. The van der Waals surface area contributed by atoms with E-state index >= 15 is 0 Å². The molecule has 0 radical (unpaired) electrons. The van der Waals surface area contributed by atoms with E-state index in [1.54, 1.807) is 0 Å². The normalized spacial score (nSPS) is 16.6. The van der Waals surface area contributed by atoms with Gasteiger partial charge in [0.1, 0.15) is 0 Å². The van der Waals surface area contributed by atoms with Gasteiger partial charge in [-0.25, -0.2) is 0 Å². The Balaban J connectivity index is 1.94. The number of benzene rings is 1. The third-order valence-electron chi connectivity index (χ3n) is 3.74. The maximum absolute atomic E-state index is 3.58. The first kappa shape index (κ1) is 13.2. The van der Waals surface area contributed by atoms with Gasteiger partial charge in [0.15, 0.2) is 0 Å². The van der Waals surface area contributed by atoms with E-state index in [9.17, 15) is 0 Å². The molecule has 3 nitrogen and oxygen atoms in total. The van der Waals surface area contributed by atoms with Gasteiger partial charge in [0.2, 0.25) is 0 Å². The van der Waals surface area contributed by atoms with Gasteiger partial charge in [0, 0.05) is 32.0 Å². The van der Waals surface area contributed by atoms with Crippen molar-refractivity contribution in [1.29, 1.82) is 0 Å². The lowest BCUT2D eigenvalue weighted by molar-refractivity contribution is 0.390. The lowest BCUT2D eigenvalue weighted by atomic mass is 9.98. The summed E-state index contributed by atoms with van der Waals surface area (Å²) in [7, 11) is 4.19. The Morgan fingerprint density at radius 3 is 2.67 bits per heavy atom. The first-order valence-electron chi connectivity index (χ1n) is 6.89. The number of nitrogens with zero attached hydrogens (tertiary/aromatic N) is 1. The number of aryl methyl sites for hydroxylation is 1. The average Bonchev–Trinajstić information content (AvgIpc) is 2.38. The minimum atomic E-state index is 0.815. The maximum Gasteiger partial charge on any atom is 0.0411 e. The minimum Gasteiger partial charge on any atom is -0.385 e. The first-order chi connectivity index (χ1) is 8.66. The molecule has 0 atom stereocenters. The fourth-order valence-corrected chi connectivity index (χ4v) is 2.55. The summed E-state index contributed by atoms with van der Waals surface area (Å²) in [6, 6.07) is 6.62. The molecular formula is C15H25N3. The summed E-state index contributed by atoms with van der Waals surface area (Å²) in [6.07, 6.45) is 2.58. The van der Waals surface area contributed by atoms with Gasteiger partial charge in [-0.1, -0.05) is 6.07 Å². The highest BCUT2D eigenvalue weighted by Crippen LogP contribution is 2.23. The minimum absolute atomic E-state index is 0.815. The van der Waals surface area contributed by atoms with Gasteiger partial charge in [-0.15, -0.1) is 0 Å². The van der Waals surface area contributed by atoms with Crippen molar-refractivity contribution in [3.8, 4) is 0 Å². The summed E-state index contributed by atoms with van der Waals surface area (Å²) < 4.78 is 0. The van der Waals surface area contributed by atoms with Crippen LogP contribution in [-0.4, -0.2) is 33.7 Å². The smallest absolute Gasteiger partial charge is 0.0411 e. The number of piperidine rings is 1. The van der Waals surface area contributed by atoms with Crippen LogP contribution in [0.4, 0.5) is 11.4 Å². The van der Waals surface area contributed by atoms with Crippen molar-refractivity contribution in [1.82, 2.24) is 5.32 Å². The summed E-state index contributed by atoms with van der Waals surface area (Å²) in [5, 5.41) is 6.99. The molecule has 2 rings (SSSR count). The Morgan fingerprint density at radius 2 is 2.00 bits per heavy atom. The highest BCUT2D eigenvalue weighted by Gasteiger charge is 2.12. The maximum atomic E-state index is 3.58. The first-order valence-corrected chi connectivity index (χ1v) is 6.89. The van der Waals surface area contributed by atoms with Crippen LogP contribution in [0.25, 0.3) is 0 Å². The number of nitrogens with one attached hydrogen (secondary N) is 2. The van der Waals surface area contributed by atoms with Crippen molar-refractivity contribution in [3.05, 3.63) is 23.8 Å². The second kappa shape index (κ2) is 6.10. The average molecular weight is 247 g/mol. The monoisotopic (exact) mass is 247 g/mol. The number of hydrogen-bond acceptors (Lipinski definition) is 3. The molecule has 3 heteroatoms. The van der Waals surface area contributed by atoms with Crippen molar-refractivity contribution in [2.24, 2.45) is 5.92 Å². The molecular weight excluding hydrogens is 222 g/mol. The van der Waals surface area contributed by atoms with Crippen molar-refractivity contribution in [2.75, 3.05) is 43.9 Å². The number of rotatable bonds is 4. The van der Waals surface area contributed by atoms with Crippen LogP contribution >= 0.6 is 0 Å². The quantitative estimate of drug-likeness (QED) is 0.856. The molecule has 1 aliphatic heterocycles. The molecule has 1 aromatic carbocycles. The van der Waals surface area contributed by atoms with Crippen LogP contribution < -0.4 is 15.5 Å². The standard InChI is InChI=1S/C15H25N3/c1-12-4-5-14(10-15(12)18(2)3)17-11-13-6-8-16-9-7-13/h4-5,10,13,16-17H,6-9,11H2,1-3H3. The van der Waals surface area contributed by atoms with Crippen LogP contribution in [-0.2, 0) is 0 Å². The molecule has 1 fully saturated rings. The predicted molar refractivity (Wildman–Crippen MR) is 79.6 cm³/mol. The Morgan fingerprint density at radius 1 is 1.28 bits per heavy atom. The largest absolute Gasteiger partial charge is 0.385 e. The summed E-state index contributed by atoms with van der Waals surface area (Å²) in [4.78, 5) is 2.17. The molecule has 1 saturated heterocycles. The Bertz CT molecular complexity index is 381. The molecule has 2 N–H and O–H groups in total. The Kier molecular flexibility index (Phi) is 4.48. The fraction of sp³-hybridized carbons (Fsp3) is 0.600. The van der Waals surface area contributed by atoms with Crippen LogP contribution in [0.1, 0.15) is 18.4 Å². The Hall–Kier alpha value is -1.22. The third-order valence-corrected chi connectivity index (χ3v) is 3.74. The van der Waals surface area contributed by atoms with Crippen LogP contribution in [0.3, 0.4) is 0 Å². The Labute approximate surface area is 111 Å². The molecule has 0 unspecified atom stereocenters. The van der Waals surface area contributed by atoms with Gasteiger partial charge < -0.3 is 15.5 Å². The van der Waals surface area contributed by atoms with Crippen LogP contribution in [0.15, 0.2) is 18.2 Å². The van der Waals surface area contributed by atoms with Crippen molar-refractivity contribution >= 4 is 11.4 Å². The van der Waals surface area contributed by atoms with E-state index < -0.39 is 0 Å². The second-order valence-corrected chi connectivity index (χ2v) is 5.47. The van der Waals surface area contributed by atoms with E-state index in [1.807, 2.05) is 0 Å². The third kappa shape index (κ3) is 3.39. The zero-order valence-corrected chi connectivity index (χ0v) is 11.8. The van der Waals surface area contributed by atoms with Crippen molar-refractivity contribution in [2.45, 2.75) is 19.8 Å². The molecule has 0 aromatic heterocycles. The SMILES string of the molecule is Cc1ccc(NCC2CCNCC2)cc1N(C)C. The van der Waals surface area contributed by atoms with Crippen molar-refractivity contribution in [3.63, 3.8) is 0 Å². The van der Waals surface area contributed by atoms with E-state index in [4.69, 9.17) is 0 Å². The van der Waals surface area contributed by atoms with Gasteiger partial charge in [0.05, 0.1) is 0 Å². The van der Waals surface area contributed by atoms with Crippen molar-refractivity contribution < 1.29 is 0 Å². The van der Waals surface area contributed by atoms with Crippen LogP contribution in [0.5, 0.6) is 0 Å². The summed E-state index contributed by atoms with van der Waals surface area (Å²) in [5.74, 6) is 0.815. The molecule has 0 saturated carbocycles. The lowest BCUT2D eigenvalue weighted by Gasteiger charge is -2.24. The summed E-state index contributed by atoms with van der Waals surface area (Å²) in [5.41, 5.74) is 3.86. The number of hydrogen-bond donors (Lipinski definition) is 2. The highest BCUT2D eigenvalue weighted by molar-refractivity contribution is 5.61. The molecule has 0 amide bonds. The van der Waals surface area contributed by atoms with Gasteiger partial charge in [-0.2, -0.15) is 0 Å². The van der Waals surface area contributed by atoms with E-state index in [2.05, 4.69) is 54.8 Å². The van der Waals surface area contributed by atoms with Crippen LogP contribution in [0.2, 0.25) is 0 Å². The molecule has 0 spiro atoms. The van der Waals surface area contributed by atoms with E-state index in [0.29, 0.717) is 0 Å². The fourth-order valence-electron chi connectivity index (χ4n) is 2.55. The predicted octanol–water partition coefficient (Wildman–Crippen LogP) is 2.47. The molecule has 1 aliphatic rings. The van der Waals surface area contributed by atoms with E-state index in [-0.39, 0.29) is 0 Å². The molecule has 1 heterocycles. The van der Waals surface area contributed by atoms with E-state index in [0.717, 1.165) is 12.5 Å². The van der Waals surface area contributed by atoms with E-state index in [1.165, 1.54) is 42.9 Å². The molecule has 0 bridgehead atoms. The summed E-state index contributed by atoms with van der Waals surface area (Å²) in [6.45, 7) is 5.59. The topological polar surface area (TPSA) is 27.3 Å². The summed E-state index contributed by atoms with van der Waals surface area (Å²) >= 11 is 0. The molecule has 100 valence electrons. The highest BCUT2D eigenvalue weighted by atomic mass is 15.1. The van der Waals surface area contributed by atoms with Gasteiger partial charge >= 0.3 is 0 Å². The molecule has 0 aliphatic carbocycles. The van der Waals surface area contributed by atoms with Gasteiger partial charge in [-0.05, 0) is 56.5 Å². The van der Waals surface area contributed by atoms with Crippen LogP contribution in [0, 0.1) is 12.8 Å². The zero-order chi connectivity index (χ0) is 13.0. The molecule has 1 aromatic rings. The molecule has 18 heavy (non-hydrogen) atoms.